The van der Waals surface area contributed by atoms with Crippen LogP contribution in [0.5, 0.6) is 0 Å². The van der Waals surface area contributed by atoms with Crippen LogP contribution in [0.2, 0.25) is 0 Å². The van der Waals surface area contributed by atoms with Gasteiger partial charge < -0.3 is 4.90 Å². The van der Waals surface area contributed by atoms with Crippen LogP contribution >= 0.6 is 11.3 Å². The number of rotatable bonds is 4. The summed E-state index contributed by atoms with van der Waals surface area (Å²) in [5.41, 5.74) is 3.28. The van der Waals surface area contributed by atoms with Gasteiger partial charge in [0.2, 0.25) is 0 Å². The number of nitrogens with zero attached hydrogens (tertiary/aromatic N) is 4. The average molecular weight is 348 g/mol. The van der Waals surface area contributed by atoms with Crippen LogP contribution in [0.25, 0.3) is 6.20 Å². The number of hydrogen-bond acceptors (Lipinski definition) is 5. The van der Waals surface area contributed by atoms with Gasteiger partial charge in [-0.2, -0.15) is 0 Å². The highest BCUT2D eigenvalue weighted by molar-refractivity contribution is 7.09. The second-order valence-electron chi connectivity index (χ2n) is 6.21. The van der Waals surface area contributed by atoms with Crippen LogP contribution < -0.4 is 15.5 Å². The Morgan fingerprint density at radius 3 is 2.80 bits per heavy atom. The third-order valence-corrected chi connectivity index (χ3v) is 5.23. The van der Waals surface area contributed by atoms with Gasteiger partial charge in [-0.05, 0) is 44.9 Å². The topological polar surface area (TPSA) is 41.4 Å². The molecule has 3 aromatic rings. The van der Waals surface area contributed by atoms with Crippen LogP contribution in [0, 0.1) is 13.8 Å². The Morgan fingerprint density at radius 2 is 2.00 bits per heavy atom. The van der Waals surface area contributed by atoms with E-state index >= 15 is 0 Å². The molecular formula is C20H20N4S. The zero-order chi connectivity index (χ0) is 17.2. The van der Waals surface area contributed by atoms with Crippen LogP contribution in [0.3, 0.4) is 0 Å². The lowest BCUT2D eigenvalue weighted by atomic mass is 10.1. The van der Waals surface area contributed by atoms with Gasteiger partial charge in [0.15, 0.2) is 0 Å². The molecule has 4 rings (SSSR count). The van der Waals surface area contributed by atoms with E-state index in [4.69, 9.17) is 4.99 Å². The van der Waals surface area contributed by atoms with Crippen molar-refractivity contribution < 1.29 is 0 Å². The number of fused-ring (bicyclic) bond motifs is 1. The van der Waals surface area contributed by atoms with Gasteiger partial charge in [0.1, 0.15) is 6.17 Å². The zero-order valence-electron chi connectivity index (χ0n) is 14.4. The Morgan fingerprint density at radius 1 is 1.12 bits per heavy atom. The van der Waals surface area contributed by atoms with Crippen molar-refractivity contribution >= 4 is 23.2 Å². The van der Waals surface area contributed by atoms with Gasteiger partial charge in [0.05, 0.1) is 27.4 Å². The highest BCUT2D eigenvalue weighted by atomic mass is 32.1. The lowest BCUT2D eigenvalue weighted by molar-refractivity contribution is 0.603. The van der Waals surface area contributed by atoms with E-state index in [1.165, 1.54) is 0 Å². The molecule has 1 atom stereocenters. The van der Waals surface area contributed by atoms with Crippen molar-refractivity contribution in [3.05, 3.63) is 74.9 Å². The smallest absolute Gasteiger partial charge is 0.126 e. The molecule has 0 saturated carbocycles. The van der Waals surface area contributed by atoms with Crippen LogP contribution in [0.15, 0.2) is 53.0 Å². The molecule has 0 N–H and O–H groups in total. The molecule has 3 heterocycles. The maximum atomic E-state index is 5.01. The molecule has 5 heteroatoms. The molecule has 0 radical (unpaired) electrons. The lowest BCUT2D eigenvalue weighted by Gasteiger charge is -2.30. The minimum absolute atomic E-state index is 0.0554. The first-order valence-electron chi connectivity index (χ1n) is 8.46. The number of hydrogen-bond donors (Lipinski definition) is 0. The van der Waals surface area contributed by atoms with Gasteiger partial charge in [0.25, 0.3) is 0 Å². The van der Waals surface area contributed by atoms with Crippen molar-refractivity contribution in [2.45, 2.75) is 32.9 Å². The molecule has 0 aliphatic carbocycles. The zero-order valence-corrected chi connectivity index (χ0v) is 15.2. The molecule has 0 spiro atoms. The fourth-order valence-electron chi connectivity index (χ4n) is 3.16. The third-order valence-electron chi connectivity index (χ3n) is 4.41. The van der Waals surface area contributed by atoms with Crippen molar-refractivity contribution in [1.82, 2.24) is 9.97 Å². The maximum Gasteiger partial charge on any atom is 0.126 e. The number of benzene rings is 1. The molecule has 0 amide bonds. The molecule has 0 saturated heterocycles. The third kappa shape index (κ3) is 3.33. The predicted octanol–water partition coefficient (Wildman–Crippen LogP) is 2.99. The van der Waals surface area contributed by atoms with Crippen molar-refractivity contribution in [2.75, 3.05) is 4.90 Å². The molecule has 1 unspecified atom stereocenters. The summed E-state index contributed by atoms with van der Waals surface area (Å²) in [6.07, 6.45) is 5.93. The Hall–Kier alpha value is -2.53. The minimum atomic E-state index is 0.0554. The quantitative estimate of drug-likeness (QED) is 0.728. The number of pyridine rings is 1. The molecule has 1 aliphatic rings. The van der Waals surface area contributed by atoms with E-state index in [2.05, 4.69) is 57.6 Å². The van der Waals surface area contributed by atoms with E-state index < -0.39 is 0 Å². The summed E-state index contributed by atoms with van der Waals surface area (Å²) in [5.74, 6) is 0. The van der Waals surface area contributed by atoms with Crippen molar-refractivity contribution in [2.24, 2.45) is 4.99 Å². The summed E-state index contributed by atoms with van der Waals surface area (Å²) in [7, 11) is 0. The Bertz CT molecular complexity index is 1010. The van der Waals surface area contributed by atoms with Crippen molar-refractivity contribution in [1.29, 1.82) is 0 Å². The van der Waals surface area contributed by atoms with Crippen LogP contribution in [-0.4, -0.2) is 16.1 Å². The van der Waals surface area contributed by atoms with E-state index in [1.54, 1.807) is 11.3 Å². The fraction of sp³-hybridized carbons (Fsp3) is 0.250. The molecule has 1 aliphatic heterocycles. The van der Waals surface area contributed by atoms with Crippen molar-refractivity contribution in [3.63, 3.8) is 0 Å². The number of thiazole rings is 1. The van der Waals surface area contributed by atoms with E-state index in [1.807, 2.05) is 25.3 Å². The fourth-order valence-corrected chi connectivity index (χ4v) is 3.80. The molecule has 4 nitrogen and oxygen atoms in total. The molecule has 25 heavy (non-hydrogen) atoms. The maximum absolute atomic E-state index is 5.01. The van der Waals surface area contributed by atoms with Gasteiger partial charge in [-0.1, -0.05) is 18.2 Å². The SMILES string of the molecule is Cc1nc(CCC2N=c3ccccc3=CN2c2cccnc2C)cs1. The van der Waals surface area contributed by atoms with Gasteiger partial charge in [-0.25, -0.2) is 4.98 Å². The number of aryl methyl sites for hydroxylation is 3. The standard InChI is InChI=1S/C20H20N4S/c1-14-19(8-5-11-21-14)24-12-16-6-3-4-7-18(16)23-20(24)10-9-17-13-25-15(2)22-17/h3-8,11-13,20H,9-10H2,1-2H3. The molecule has 2 aromatic heterocycles. The van der Waals surface area contributed by atoms with E-state index in [9.17, 15) is 0 Å². The van der Waals surface area contributed by atoms with Crippen LogP contribution in [0.1, 0.15) is 22.8 Å². The molecule has 126 valence electrons. The Labute approximate surface area is 151 Å². The van der Waals surface area contributed by atoms with Gasteiger partial charge in [-0.3, -0.25) is 9.98 Å². The molecule has 0 fully saturated rings. The summed E-state index contributed by atoms with van der Waals surface area (Å²) < 4.78 is 0. The Balaban J connectivity index is 1.70. The monoisotopic (exact) mass is 348 g/mol. The van der Waals surface area contributed by atoms with Crippen LogP contribution in [0.4, 0.5) is 5.69 Å². The second kappa shape index (κ2) is 6.76. The lowest BCUT2D eigenvalue weighted by Crippen LogP contribution is -2.42. The van der Waals surface area contributed by atoms with Gasteiger partial charge in [0, 0.05) is 23.0 Å². The van der Waals surface area contributed by atoms with E-state index in [0.29, 0.717) is 0 Å². The summed E-state index contributed by atoms with van der Waals surface area (Å²) in [6.45, 7) is 4.10. The summed E-state index contributed by atoms with van der Waals surface area (Å²) in [5, 5.41) is 5.47. The average Bonchev–Trinajstić information content (AvgIpc) is 3.05. The molecule has 1 aromatic carbocycles. The first-order valence-corrected chi connectivity index (χ1v) is 9.34. The van der Waals surface area contributed by atoms with E-state index in [-0.39, 0.29) is 6.17 Å². The van der Waals surface area contributed by atoms with Crippen LogP contribution in [-0.2, 0) is 6.42 Å². The predicted molar refractivity (Wildman–Crippen MR) is 102 cm³/mol. The largest absolute Gasteiger partial charge is 0.323 e. The van der Waals surface area contributed by atoms with Gasteiger partial charge >= 0.3 is 0 Å². The normalized spacial score (nSPS) is 16.1. The highest BCUT2D eigenvalue weighted by Crippen LogP contribution is 2.24. The number of anilines is 1. The summed E-state index contributed by atoms with van der Waals surface area (Å²) in [6, 6.07) is 12.4. The van der Waals surface area contributed by atoms with Gasteiger partial charge in [-0.15, -0.1) is 11.3 Å². The molecule has 0 bridgehead atoms. The summed E-state index contributed by atoms with van der Waals surface area (Å²) in [4.78, 5) is 16.3. The minimum Gasteiger partial charge on any atom is -0.323 e. The summed E-state index contributed by atoms with van der Waals surface area (Å²) >= 11 is 1.71. The van der Waals surface area contributed by atoms with E-state index in [0.717, 1.165) is 45.5 Å². The number of para-hydroxylation sites is 1. The first kappa shape index (κ1) is 16.0. The first-order chi connectivity index (χ1) is 12.2. The Kier molecular flexibility index (Phi) is 4.32. The van der Waals surface area contributed by atoms with Crippen molar-refractivity contribution in [3.8, 4) is 0 Å². The molecular weight excluding hydrogens is 328 g/mol. The highest BCUT2D eigenvalue weighted by Gasteiger charge is 2.21. The number of aromatic nitrogens is 2. The second-order valence-corrected chi connectivity index (χ2v) is 7.27.